The Hall–Kier alpha value is -1.49. The van der Waals surface area contributed by atoms with E-state index in [1.54, 1.807) is 19.2 Å². The van der Waals surface area contributed by atoms with Crippen LogP contribution in [0, 0.1) is 22.8 Å². The van der Waals surface area contributed by atoms with Crippen LogP contribution in [0.4, 0.5) is 5.69 Å². The number of rotatable bonds is 2. The zero-order valence-corrected chi connectivity index (χ0v) is 12.8. The minimum Gasteiger partial charge on any atom is -0.369 e. The van der Waals surface area contributed by atoms with Gasteiger partial charge in [0.2, 0.25) is 0 Å². The van der Waals surface area contributed by atoms with Crippen LogP contribution >= 0.6 is 11.6 Å². The quantitative estimate of drug-likeness (QED) is 0.513. The Labute approximate surface area is 114 Å². The third kappa shape index (κ3) is 4.79. The summed E-state index contributed by atoms with van der Waals surface area (Å²) in [5, 5.41) is 12.3. The second-order valence-electron chi connectivity index (χ2n) is 5.05. The number of nitriles is 1. The van der Waals surface area contributed by atoms with Gasteiger partial charge in [0.25, 0.3) is 0 Å². The number of nitrogens with one attached hydrogen (secondary N) is 1. The molecule has 0 fully saturated rings. The molecule has 0 spiro atoms. The summed E-state index contributed by atoms with van der Waals surface area (Å²) in [6.45, 7) is 8.31. The van der Waals surface area contributed by atoms with Gasteiger partial charge in [0.15, 0.2) is 0 Å². The molecule has 0 radical (unpaired) electrons. The summed E-state index contributed by atoms with van der Waals surface area (Å²) in [6.07, 6.45) is 1.64. The topological polar surface area (TPSA) is 48.7 Å². The molecule has 1 N–H and O–H groups in total. The van der Waals surface area contributed by atoms with Crippen LogP contribution in [0.5, 0.6) is 0 Å². The number of hydrogen-bond donors (Lipinski definition) is 1. The molecule has 1 aromatic heterocycles. The van der Waals surface area contributed by atoms with Crippen molar-refractivity contribution >= 4 is 25.4 Å². The minimum atomic E-state index is -1.44. The maximum Gasteiger partial charge on any atom is 0.131 e. The first-order chi connectivity index (χ1) is 8.31. The molecule has 0 amide bonds. The van der Waals surface area contributed by atoms with E-state index in [0.29, 0.717) is 5.15 Å². The molecule has 0 saturated carbocycles. The van der Waals surface area contributed by atoms with E-state index in [9.17, 15) is 0 Å². The Balaban J connectivity index is 3.11. The molecule has 1 unspecified atom stereocenters. The van der Waals surface area contributed by atoms with Crippen LogP contribution in [0.1, 0.15) is 12.5 Å². The summed E-state index contributed by atoms with van der Waals surface area (Å²) in [6, 6.07) is 3.52. The van der Waals surface area contributed by atoms with Crippen molar-refractivity contribution in [2.24, 2.45) is 0 Å². The first-order valence-corrected chi connectivity index (χ1v) is 9.54. The predicted octanol–water partition coefficient (Wildman–Crippen LogP) is 3.29. The highest BCUT2D eigenvalue weighted by Gasteiger charge is 2.09. The first-order valence-electron chi connectivity index (χ1n) is 5.67. The van der Waals surface area contributed by atoms with Gasteiger partial charge >= 0.3 is 0 Å². The van der Waals surface area contributed by atoms with Crippen molar-refractivity contribution in [3.05, 3.63) is 23.0 Å². The highest BCUT2D eigenvalue weighted by atomic mass is 35.5. The summed E-state index contributed by atoms with van der Waals surface area (Å²) in [4.78, 5) is 4.03. The van der Waals surface area contributed by atoms with E-state index in [-0.39, 0.29) is 6.04 Å². The fraction of sp³-hybridized carbons (Fsp3) is 0.385. The van der Waals surface area contributed by atoms with E-state index < -0.39 is 8.07 Å². The average Bonchev–Trinajstić information content (AvgIpc) is 2.26. The highest BCUT2D eigenvalue weighted by molar-refractivity contribution is 6.83. The molecule has 1 aromatic rings. The van der Waals surface area contributed by atoms with Gasteiger partial charge in [-0.25, -0.2) is 4.98 Å². The van der Waals surface area contributed by atoms with Gasteiger partial charge in [-0.15, -0.1) is 5.54 Å². The Bertz CT molecular complexity index is 532. The molecule has 0 bridgehead atoms. The minimum absolute atomic E-state index is 0.295. The lowest BCUT2D eigenvalue weighted by molar-refractivity contribution is 1.01. The van der Waals surface area contributed by atoms with Crippen molar-refractivity contribution in [3.63, 3.8) is 0 Å². The highest BCUT2D eigenvalue weighted by Crippen LogP contribution is 2.19. The average molecular weight is 278 g/mol. The van der Waals surface area contributed by atoms with E-state index in [0.717, 1.165) is 11.3 Å². The van der Waals surface area contributed by atoms with Gasteiger partial charge in [-0.1, -0.05) is 37.2 Å². The number of halogens is 1. The van der Waals surface area contributed by atoms with Crippen LogP contribution in [0.25, 0.3) is 0 Å². The third-order valence-corrected chi connectivity index (χ3v) is 3.09. The monoisotopic (exact) mass is 277 g/mol. The van der Waals surface area contributed by atoms with Gasteiger partial charge in [-0.05, 0) is 13.0 Å². The molecule has 1 atom stereocenters. The molecule has 1 heterocycles. The number of hydrogen-bond acceptors (Lipinski definition) is 3. The lowest BCUT2D eigenvalue weighted by Gasteiger charge is -2.10. The van der Waals surface area contributed by atoms with Crippen LogP contribution in [0.3, 0.4) is 0 Å². The predicted molar refractivity (Wildman–Crippen MR) is 78.2 cm³/mol. The Morgan fingerprint density at radius 2 is 2.11 bits per heavy atom. The van der Waals surface area contributed by atoms with Crippen molar-refractivity contribution in [1.82, 2.24) is 4.98 Å². The molecule has 0 saturated heterocycles. The van der Waals surface area contributed by atoms with E-state index in [4.69, 9.17) is 16.9 Å². The van der Waals surface area contributed by atoms with E-state index >= 15 is 0 Å². The van der Waals surface area contributed by atoms with Gasteiger partial charge in [-0.3, -0.25) is 0 Å². The summed E-state index contributed by atoms with van der Waals surface area (Å²) in [7, 11) is -1.44. The van der Waals surface area contributed by atoms with E-state index in [1.165, 1.54) is 0 Å². The lowest BCUT2D eigenvalue weighted by Crippen LogP contribution is -2.17. The molecule has 18 heavy (non-hydrogen) atoms. The number of pyridine rings is 1. The van der Waals surface area contributed by atoms with Gasteiger partial charge in [0.05, 0.1) is 17.3 Å². The van der Waals surface area contributed by atoms with Crippen LogP contribution in [0.2, 0.25) is 24.8 Å². The summed E-state index contributed by atoms with van der Waals surface area (Å²) >= 11 is 5.86. The molecule has 5 heteroatoms. The van der Waals surface area contributed by atoms with Gasteiger partial charge in [-0.2, -0.15) is 5.26 Å². The summed E-state index contributed by atoms with van der Waals surface area (Å²) < 4.78 is 0. The largest absolute Gasteiger partial charge is 0.369 e. The van der Waals surface area contributed by atoms with Crippen molar-refractivity contribution in [2.45, 2.75) is 32.6 Å². The summed E-state index contributed by atoms with van der Waals surface area (Å²) in [5.74, 6) is 3.13. The Morgan fingerprint density at radius 1 is 1.44 bits per heavy atom. The zero-order chi connectivity index (χ0) is 13.8. The molecule has 3 nitrogen and oxygen atoms in total. The Kier molecular flexibility index (Phi) is 4.78. The van der Waals surface area contributed by atoms with Gasteiger partial charge in [0, 0.05) is 6.20 Å². The maximum atomic E-state index is 8.83. The lowest BCUT2D eigenvalue weighted by atomic mass is 10.2. The van der Waals surface area contributed by atoms with Gasteiger partial charge in [0.1, 0.15) is 19.3 Å². The first kappa shape index (κ1) is 14.6. The SMILES string of the molecule is CC(C#N)Nc1cc(Cl)ncc1C#C[Si](C)(C)C. The maximum absolute atomic E-state index is 8.83. The van der Waals surface area contributed by atoms with Crippen molar-refractivity contribution in [2.75, 3.05) is 5.32 Å². The standard InChI is InChI=1S/C13H16ClN3Si/c1-10(8-15)17-12-7-13(14)16-9-11(12)5-6-18(2,3)4/h7,9-10H,1-4H3,(H,16,17). The second kappa shape index (κ2) is 5.91. The van der Waals surface area contributed by atoms with Crippen LogP contribution in [-0.2, 0) is 0 Å². The Morgan fingerprint density at radius 3 is 2.67 bits per heavy atom. The van der Waals surface area contributed by atoms with E-state index in [1.807, 2.05) is 0 Å². The molecule has 94 valence electrons. The van der Waals surface area contributed by atoms with E-state index in [2.05, 4.69) is 47.5 Å². The molecule has 0 aliphatic heterocycles. The second-order valence-corrected chi connectivity index (χ2v) is 10.2. The molecular formula is C13H16ClN3Si. The van der Waals surface area contributed by atoms with Gasteiger partial charge < -0.3 is 5.32 Å². The van der Waals surface area contributed by atoms with Crippen LogP contribution in [-0.4, -0.2) is 19.1 Å². The zero-order valence-electron chi connectivity index (χ0n) is 11.0. The molecule has 0 aliphatic carbocycles. The molecule has 0 aromatic carbocycles. The number of nitrogens with zero attached hydrogens (tertiary/aromatic N) is 2. The summed E-state index contributed by atoms with van der Waals surface area (Å²) in [5.41, 5.74) is 4.81. The van der Waals surface area contributed by atoms with Crippen molar-refractivity contribution in [1.29, 1.82) is 5.26 Å². The molecule has 0 aliphatic rings. The van der Waals surface area contributed by atoms with Crippen LogP contribution < -0.4 is 5.32 Å². The fourth-order valence-corrected chi connectivity index (χ4v) is 1.84. The normalized spacial score (nSPS) is 12.0. The molecular weight excluding hydrogens is 262 g/mol. The number of anilines is 1. The fourth-order valence-electron chi connectivity index (χ4n) is 1.17. The van der Waals surface area contributed by atoms with Crippen LogP contribution in [0.15, 0.2) is 12.3 Å². The molecule has 1 rings (SSSR count). The third-order valence-electron chi connectivity index (χ3n) is 2.01. The van der Waals surface area contributed by atoms with Crippen molar-refractivity contribution in [3.8, 4) is 17.5 Å². The number of aromatic nitrogens is 1. The smallest absolute Gasteiger partial charge is 0.131 e. The van der Waals surface area contributed by atoms with Crippen molar-refractivity contribution < 1.29 is 0 Å².